The highest BCUT2D eigenvalue weighted by Gasteiger charge is 1.60. The highest BCUT2D eigenvalue weighted by molar-refractivity contribution is 5.75. The second-order valence-corrected chi connectivity index (χ2v) is 0.811. The Morgan fingerprint density at radius 2 is 1.50 bits per heavy atom. The molecule has 8 heavy (non-hydrogen) atoms. The smallest absolute Gasteiger partial charge is 0.0529 e. The summed E-state index contributed by atoms with van der Waals surface area (Å²) in [7, 11) is 0. The van der Waals surface area contributed by atoms with Crippen LogP contribution in [0.25, 0.3) is 0 Å². The van der Waals surface area contributed by atoms with Crippen molar-refractivity contribution < 1.29 is 0 Å². The monoisotopic (exact) mass is 129 g/mol. The summed E-state index contributed by atoms with van der Waals surface area (Å²) in [5.41, 5.74) is 0. The van der Waals surface area contributed by atoms with Gasteiger partial charge in [-0.2, -0.15) is 0 Å². The van der Waals surface area contributed by atoms with Crippen molar-refractivity contribution in [2.75, 3.05) is 0 Å². The largest absolute Gasteiger partial charge is 0.139 e. The van der Waals surface area contributed by atoms with Crippen LogP contribution in [0.2, 0.25) is 0 Å². The van der Waals surface area contributed by atoms with Gasteiger partial charge in [0, 0.05) is 0 Å². The summed E-state index contributed by atoms with van der Waals surface area (Å²) in [5, 5.41) is 10.1. The van der Waals surface area contributed by atoms with E-state index >= 15 is 0 Å². The number of hydrogen-bond acceptors (Lipinski definition) is 3. The molecule has 0 atom stereocenters. The van der Waals surface area contributed by atoms with Crippen LogP contribution in [0.3, 0.4) is 0 Å². The van der Waals surface area contributed by atoms with Crippen molar-refractivity contribution in [3.8, 4) is 0 Å². The van der Waals surface area contributed by atoms with Gasteiger partial charge in [0.05, 0.1) is 12.4 Å². The van der Waals surface area contributed by atoms with Crippen LogP contribution >= 0.6 is 0 Å². The maximum atomic E-state index is 3.42. The molecule has 0 bridgehead atoms. The van der Waals surface area contributed by atoms with Gasteiger partial charge in [0.25, 0.3) is 0 Å². The van der Waals surface area contributed by atoms with E-state index in [1.54, 1.807) is 18.5 Å². The molecule has 0 aliphatic rings. The maximum Gasteiger partial charge on any atom is 0.0529 e. The van der Waals surface area contributed by atoms with E-state index in [4.69, 9.17) is 0 Å². The van der Waals surface area contributed by atoms with Crippen molar-refractivity contribution in [1.82, 2.24) is 15.4 Å². The molecule has 1 rings (SSSR count). The van der Waals surface area contributed by atoms with Crippen molar-refractivity contribution >= 4 is 11.0 Å². The summed E-state index contributed by atoms with van der Waals surface area (Å²) in [4.78, 5) is 0. The highest BCUT2D eigenvalue weighted by atomic mass is 28.1. The zero-order valence-corrected chi connectivity index (χ0v) is 3.07. The third-order valence-corrected chi connectivity index (χ3v) is 0.409. The van der Waals surface area contributed by atoms with Gasteiger partial charge < -0.3 is 0 Å². The van der Waals surface area contributed by atoms with Gasteiger partial charge in [0.1, 0.15) is 0 Å². The predicted octanol–water partition coefficient (Wildman–Crippen LogP) is -0.944. The SMILES string of the molecule is C.[SiH4].c1cnnnc1. The summed E-state index contributed by atoms with van der Waals surface area (Å²) >= 11 is 0. The normalized spacial score (nSPS) is 6.00. The Hall–Kier alpha value is -0.773. The molecule has 0 aromatic carbocycles. The molecule has 0 spiro atoms. The Bertz CT molecular complexity index is 83.2. The lowest BCUT2D eigenvalue weighted by atomic mass is 10.7. The molecule has 0 amide bonds. The molecule has 0 saturated heterocycles. The third kappa shape index (κ3) is 3.42. The van der Waals surface area contributed by atoms with Crippen molar-refractivity contribution in [2.45, 2.75) is 7.43 Å². The Morgan fingerprint density at radius 3 is 1.62 bits per heavy atom. The minimum absolute atomic E-state index is 0. The predicted molar refractivity (Wildman–Crippen MR) is 37.9 cm³/mol. The van der Waals surface area contributed by atoms with Crippen LogP contribution in [0.5, 0.6) is 0 Å². The summed E-state index contributed by atoms with van der Waals surface area (Å²) in [6, 6.07) is 1.72. The van der Waals surface area contributed by atoms with E-state index in [0.29, 0.717) is 0 Å². The summed E-state index contributed by atoms with van der Waals surface area (Å²) in [5.74, 6) is 0. The van der Waals surface area contributed by atoms with Gasteiger partial charge in [-0.15, -0.1) is 10.2 Å². The van der Waals surface area contributed by atoms with Gasteiger partial charge >= 0.3 is 0 Å². The lowest BCUT2D eigenvalue weighted by Crippen LogP contribution is -1.78. The Kier molecular flexibility index (Phi) is 7.98. The molecule has 0 aliphatic heterocycles. The van der Waals surface area contributed by atoms with Gasteiger partial charge in [-0.3, -0.25) is 0 Å². The van der Waals surface area contributed by atoms with Crippen molar-refractivity contribution in [3.63, 3.8) is 0 Å². The molecule has 0 aliphatic carbocycles. The first-order valence-electron chi connectivity index (χ1n) is 1.58. The van der Waals surface area contributed by atoms with Crippen LogP contribution in [0.15, 0.2) is 18.5 Å². The average Bonchev–Trinajstić information content (AvgIpc) is 1.72. The molecule has 0 unspecified atom stereocenters. The van der Waals surface area contributed by atoms with E-state index in [1.807, 2.05) is 0 Å². The van der Waals surface area contributed by atoms with E-state index in [9.17, 15) is 0 Å². The van der Waals surface area contributed by atoms with Crippen LogP contribution < -0.4 is 0 Å². The van der Waals surface area contributed by atoms with Crippen molar-refractivity contribution in [1.29, 1.82) is 0 Å². The fraction of sp³-hybridized carbons (Fsp3) is 0.250. The first-order chi connectivity index (χ1) is 3.00. The molecule has 0 saturated carbocycles. The van der Waals surface area contributed by atoms with E-state index in [0.717, 1.165) is 0 Å². The topological polar surface area (TPSA) is 38.7 Å². The van der Waals surface area contributed by atoms with Crippen molar-refractivity contribution in [2.24, 2.45) is 0 Å². The fourth-order valence-electron chi connectivity index (χ4n) is 0.205. The molecule has 1 heterocycles. The Labute approximate surface area is 53.2 Å². The zero-order chi connectivity index (χ0) is 4.24. The summed E-state index contributed by atoms with van der Waals surface area (Å²) < 4.78 is 0. The molecular weight excluding hydrogens is 118 g/mol. The average molecular weight is 129 g/mol. The first-order valence-corrected chi connectivity index (χ1v) is 1.58. The maximum absolute atomic E-state index is 3.42. The van der Waals surface area contributed by atoms with Crippen LogP contribution in [0.4, 0.5) is 0 Å². The third-order valence-electron chi connectivity index (χ3n) is 0.409. The quantitative estimate of drug-likeness (QED) is 0.424. The Morgan fingerprint density at radius 1 is 1.00 bits per heavy atom. The second kappa shape index (κ2) is 6.23. The highest BCUT2D eigenvalue weighted by Crippen LogP contribution is 1.61. The second-order valence-electron chi connectivity index (χ2n) is 0.811. The zero-order valence-electron chi connectivity index (χ0n) is 3.07. The van der Waals surface area contributed by atoms with Gasteiger partial charge in [0.15, 0.2) is 0 Å². The number of rotatable bonds is 0. The summed E-state index contributed by atoms with van der Waals surface area (Å²) in [6.07, 6.45) is 3.15. The molecule has 0 radical (unpaired) electrons. The first kappa shape index (κ1) is 10.3. The minimum Gasteiger partial charge on any atom is -0.139 e. The molecule has 1 aromatic rings. The van der Waals surface area contributed by atoms with E-state index in [2.05, 4.69) is 15.4 Å². The Balaban J connectivity index is 0. The van der Waals surface area contributed by atoms with Crippen LogP contribution in [-0.2, 0) is 0 Å². The summed E-state index contributed by atoms with van der Waals surface area (Å²) in [6.45, 7) is 0. The van der Waals surface area contributed by atoms with Crippen LogP contribution in [-0.4, -0.2) is 26.4 Å². The molecular formula is C4H11N3Si. The standard InChI is InChI=1S/C3H3N3.CH4.H4Si/c1-2-4-6-5-3-1;;/h1-3H;2*1H4. The molecule has 0 N–H and O–H groups in total. The van der Waals surface area contributed by atoms with E-state index in [-0.39, 0.29) is 18.4 Å². The van der Waals surface area contributed by atoms with Crippen LogP contribution in [0, 0.1) is 0 Å². The van der Waals surface area contributed by atoms with Crippen LogP contribution in [0.1, 0.15) is 7.43 Å². The fourth-order valence-corrected chi connectivity index (χ4v) is 0.205. The number of hydrogen-bond donors (Lipinski definition) is 0. The van der Waals surface area contributed by atoms with Crippen molar-refractivity contribution in [3.05, 3.63) is 18.5 Å². The number of aromatic nitrogens is 3. The van der Waals surface area contributed by atoms with Gasteiger partial charge in [-0.1, -0.05) is 7.43 Å². The molecule has 4 heteroatoms. The van der Waals surface area contributed by atoms with E-state index < -0.39 is 0 Å². The molecule has 1 aromatic heterocycles. The minimum atomic E-state index is 0. The van der Waals surface area contributed by atoms with E-state index in [1.165, 1.54) is 0 Å². The number of nitrogens with zero attached hydrogens (tertiary/aromatic N) is 3. The van der Waals surface area contributed by atoms with Gasteiger partial charge in [-0.25, -0.2) is 0 Å². The molecule has 0 fully saturated rings. The van der Waals surface area contributed by atoms with Gasteiger partial charge in [0.2, 0.25) is 0 Å². The molecule has 46 valence electrons. The molecule has 3 nitrogen and oxygen atoms in total. The van der Waals surface area contributed by atoms with Gasteiger partial charge in [-0.05, 0) is 22.2 Å². The lowest BCUT2D eigenvalue weighted by Gasteiger charge is -1.68. The lowest BCUT2D eigenvalue weighted by molar-refractivity contribution is 0.865.